The van der Waals surface area contributed by atoms with E-state index in [1.165, 1.54) is 0 Å². The summed E-state index contributed by atoms with van der Waals surface area (Å²) >= 11 is 0. The zero-order chi connectivity index (χ0) is 9.83. The first-order chi connectivity index (χ1) is 5.39. The van der Waals surface area contributed by atoms with Crippen LogP contribution in [-0.2, 0) is 10.0 Å². The summed E-state index contributed by atoms with van der Waals surface area (Å²) in [5.74, 6) is 0. The van der Waals surface area contributed by atoms with Gasteiger partial charge in [-0.3, -0.25) is 0 Å². The van der Waals surface area contributed by atoms with E-state index < -0.39 is 28.8 Å². The van der Waals surface area contributed by atoms with E-state index in [2.05, 4.69) is 4.72 Å². The number of nitrogens with one attached hydrogen (secondary N) is 1. The van der Waals surface area contributed by atoms with Crippen molar-refractivity contribution in [1.82, 2.24) is 4.72 Å². The first-order valence-electron chi connectivity index (χ1n) is 3.60. The van der Waals surface area contributed by atoms with E-state index in [0.29, 0.717) is 6.42 Å². The highest BCUT2D eigenvalue weighted by molar-refractivity contribution is 7.88. The summed E-state index contributed by atoms with van der Waals surface area (Å²) in [6, 6.07) is 0. The summed E-state index contributed by atoms with van der Waals surface area (Å²) in [5.41, 5.74) is -1.12. The molecule has 0 aromatic heterocycles. The van der Waals surface area contributed by atoms with E-state index in [0.717, 1.165) is 6.26 Å². The monoisotopic (exact) mass is 197 g/mol. The first kappa shape index (κ1) is 11.8. The number of aliphatic hydroxyl groups excluding tert-OH is 2. The fourth-order valence-electron chi connectivity index (χ4n) is 0.804. The van der Waals surface area contributed by atoms with Crippen molar-refractivity contribution in [2.24, 2.45) is 0 Å². The maximum atomic E-state index is 10.8. The van der Waals surface area contributed by atoms with Gasteiger partial charge in [0.05, 0.1) is 25.0 Å². The van der Waals surface area contributed by atoms with Crippen LogP contribution < -0.4 is 4.72 Å². The third-order valence-electron chi connectivity index (χ3n) is 1.68. The van der Waals surface area contributed by atoms with Crippen LogP contribution >= 0.6 is 0 Å². The molecule has 5 nitrogen and oxygen atoms in total. The summed E-state index contributed by atoms with van der Waals surface area (Å²) in [6.07, 6.45) is 1.33. The minimum absolute atomic E-state index is 0.340. The third kappa shape index (κ3) is 3.48. The Bertz CT molecular complexity index is 211. The Labute approximate surface area is 72.5 Å². The van der Waals surface area contributed by atoms with Gasteiger partial charge in [0.15, 0.2) is 0 Å². The standard InChI is InChI=1S/C6H15NO4S/c1-3-6(4-8,5-9)7-12(2,10)11/h7-9H,3-5H2,1-2H3. The molecule has 0 aliphatic rings. The number of sulfonamides is 1. The van der Waals surface area contributed by atoms with Crippen LogP contribution in [0.2, 0.25) is 0 Å². The molecule has 0 aliphatic carbocycles. The lowest BCUT2D eigenvalue weighted by molar-refractivity contribution is 0.106. The second-order valence-corrected chi connectivity index (χ2v) is 4.57. The summed E-state index contributed by atoms with van der Waals surface area (Å²) in [6.45, 7) is 0.866. The molecule has 0 rings (SSSR count). The van der Waals surface area contributed by atoms with Gasteiger partial charge in [-0.2, -0.15) is 0 Å². The molecule has 0 unspecified atom stereocenters. The van der Waals surface area contributed by atoms with Gasteiger partial charge >= 0.3 is 0 Å². The predicted molar refractivity (Wildman–Crippen MR) is 45.2 cm³/mol. The molecule has 74 valence electrons. The van der Waals surface area contributed by atoms with Crippen molar-refractivity contribution < 1.29 is 18.6 Å². The van der Waals surface area contributed by atoms with Crippen molar-refractivity contribution in [3.63, 3.8) is 0 Å². The van der Waals surface area contributed by atoms with Gasteiger partial charge in [0.25, 0.3) is 0 Å². The fraction of sp³-hybridized carbons (Fsp3) is 1.00. The zero-order valence-corrected chi connectivity index (χ0v) is 8.06. The molecular formula is C6H15NO4S. The SMILES string of the molecule is CCC(CO)(CO)NS(C)(=O)=O. The molecule has 0 aliphatic heterocycles. The van der Waals surface area contributed by atoms with Crippen molar-refractivity contribution in [2.75, 3.05) is 19.5 Å². The molecule has 3 N–H and O–H groups in total. The van der Waals surface area contributed by atoms with E-state index in [1.807, 2.05) is 0 Å². The highest BCUT2D eigenvalue weighted by atomic mass is 32.2. The first-order valence-corrected chi connectivity index (χ1v) is 5.49. The third-order valence-corrected chi connectivity index (χ3v) is 2.49. The van der Waals surface area contributed by atoms with Gasteiger partial charge in [0.1, 0.15) is 0 Å². The highest BCUT2D eigenvalue weighted by Gasteiger charge is 2.29. The van der Waals surface area contributed by atoms with Crippen LogP contribution in [0.5, 0.6) is 0 Å². The van der Waals surface area contributed by atoms with E-state index in [1.54, 1.807) is 6.92 Å². The van der Waals surface area contributed by atoms with Crippen molar-refractivity contribution >= 4 is 10.0 Å². The van der Waals surface area contributed by atoms with Crippen LogP contribution in [0.3, 0.4) is 0 Å². The molecule has 6 heteroatoms. The maximum Gasteiger partial charge on any atom is 0.209 e. The van der Waals surface area contributed by atoms with Crippen LogP contribution in [0.1, 0.15) is 13.3 Å². The molecule has 0 heterocycles. The normalized spacial score (nSPS) is 13.3. The summed E-state index contributed by atoms with van der Waals surface area (Å²) < 4.78 is 23.8. The fourth-order valence-corrected chi connectivity index (χ4v) is 1.86. The molecule has 0 aromatic carbocycles. The lowest BCUT2D eigenvalue weighted by Crippen LogP contribution is -2.53. The quantitative estimate of drug-likeness (QED) is 0.509. The number of aliphatic hydroxyl groups is 2. The Balaban J connectivity index is 4.52. The van der Waals surface area contributed by atoms with E-state index >= 15 is 0 Å². The molecule has 0 fully saturated rings. The van der Waals surface area contributed by atoms with E-state index in [9.17, 15) is 8.42 Å². The van der Waals surface area contributed by atoms with Crippen LogP contribution in [0, 0.1) is 0 Å². The maximum absolute atomic E-state index is 10.8. The topological polar surface area (TPSA) is 86.6 Å². The molecule has 0 aromatic rings. The predicted octanol–water partition coefficient (Wildman–Crippen LogP) is -1.33. The number of hydrogen-bond acceptors (Lipinski definition) is 4. The largest absolute Gasteiger partial charge is 0.394 e. The number of hydrogen-bond donors (Lipinski definition) is 3. The van der Waals surface area contributed by atoms with E-state index in [4.69, 9.17) is 10.2 Å². The molecule has 0 saturated heterocycles. The Kier molecular flexibility index (Phi) is 4.12. The van der Waals surface area contributed by atoms with Gasteiger partial charge in [-0.05, 0) is 6.42 Å². The Morgan fingerprint density at radius 1 is 1.33 bits per heavy atom. The molecular weight excluding hydrogens is 182 g/mol. The average Bonchev–Trinajstić information content (AvgIpc) is 1.99. The summed E-state index contributed by atoms with van der Waals surface area (Å²) in [7, 11) is -3.39. The van der Waals surface area contributed by atoms with Crippen LogP contribution in [0.25, 0.3) is 0 Å². The van der Waals surface area contributed by atoms with E-state index in [-0.39, 0.29) is 0 Å². The second kappa shape index (κ2) is 4.18. The minimum atomic E-state index is -3.39. The van der Waals surface area contributed by atoms with Crippen LogP contribution in [0.4, 0.5) is 0 Å². The second-order valence-electron chi connectivity index (χ2n) is 2.82. The van der Waals surface area contributed by atoms with Gasteiger partial charge < -0.3 is 10.2 Å². The Morgan fingerprint density at radius 2 is 1.75 bits per heavy atom. The highest BCUT2D eigenvalue weighted by Crippen LogP contribution is 2.09. The molecule has 0 radical (unpaired) electrons. The Hall–Kier alpha value is -0.170. The van der Waals surface area contributed by atoms with Gasteiger partial charge in [-0.25, -0.2) is 13.1 Å². The molecule has 0 saturated carbocycles. The van der Waals surface area contributed by atoms with Gasteiger partial charge in [0.2, 0.25) is 10.0 Å². The molecule has 0 atom stereocenters. The molecule has 0 spiro atoms. The average molecular weight is 197 g/mol. The molecule has 0 bridgehead atoms. The van der Waals surface area contributed by atoms with Crippen molar-refractivity contribution in [2.45, 2.75) is 18.9 Å². The zero-order valence-electron chi connectivity index (χ0n) is 7.24. The molecule has 0 amide bonds. The van der Waals surface area contributed by atoms with Crippen LogP contribution in [0.15, 0.2) is 0 Å². The van der Waals surface area contributed by atoms with Crippen molar-refractivity contribution in [3.05, 3.63) is 0 Å². The van der Waals surface area contributed by atoms with Gasteiger partial charge in [-0.15, -0.1) is 0 Å². The van der Waals surface area contributed by atoms with Gasteiger partial charge in [-0.1, -0.05) is 6.92 Å². The lowest BCUT2D eigenvalue weighted by Gasteiger charge is -2.28. The smallest absolute Gasteiger partial charge is 0.209 e. The van der Waals surface area contributed by atoms with Crippen LogP contribution in [-0.4, -0.2) is 43.6 Å². The summed E-state index contributed by atoms with van der Waals surface area (Å²) in [4.78, 5) is 0. The van der Waals surface area contributed by atoms with Gasteiger partial charge in [0, 0.05) is 0 Å². The van der Waals surface area contributed by atoms with Crippen molar-refractivity contribution in [3.8, 4) is 0 Å². The van der Waals surface area contributed by atoms with Crippen molar-refractivity contribution in [1.29, 1.82) is 0 Å². The Morgan fingerprint density at radius 3 is 1.83 bits per heavy atom. The minimum Gasteiger partial charge on any atom is -0.394 e. The lowest BCUT2D eigenvalue weighted by atomic mass is 10.0. The number of rotatable bonds is 5. The summed E-state index contributed by atoms with van der Waals surface area (Å²) in [5, 5.41) is 17.7. The molecule has 12 heavy (non-hydrogen) atoms.